The molecule has 0 amide bonds. The lowest BCUT2D eigenvalue weighted by Gasteiger charge is -2.14. The summed E-state index contributed by atoms with van der Waals surface area (Å²) in [5.41, 5.74) is 0. The molecule has 1 nitrogen and oxygen atoms in total. The molecule has 0 heterocycles. The van der Waals surface area contributed by atoms with Crippen LogP contribution in [0.25, 0.3) is 0 Å². The highest BCUT2D eigenvalue weighted by atomic mass is 16.1. The lowest BCUT2D eigenvalue weighted by atomic mass is 9.90. The van der Waals surface area contributed by atoms with Crippen molar-refractivity contribution in [3.05, 3.63) is 0 Å². The second kappa shape index (κ2) is 1.59. The standard InChI is InChI=1S/C8H12O/c1-5-2-6-3-7(6)4-8(5)9/h5-7H,2-4H2,1H3/t5-,6-,7-/m1/s1. The van der Waals surface area contributed by atoms with Gasteiger partial charge in [-0.15, -0.1) is 0 Å². The Kier molecular flexibility index (Phi) is 0.961. The van der Waals surface area contributed by atoms with Gasteiger partial charge in [-0.2, -0.15) is 0 Å². The van der Waals surface area contributed by atoms with Crippen LogP contribution in [0.1, 0.15) is 26.2 Å². The minimum atomic E-state index is 0.383. The van der Waals surface area contributed by atoms with Gasteiger partial charge in [-0.3, -0.25) is 4.79 Å². The van der Waals surface area contributed by atoms with E-state index in [4.69, 9.17) is 0 Å². The second-order valence-corrected chi connectivity index (χ2v) is 3.56. The maximum Gasteiger partial charge on any atom is 0.135 e. The van der Waals surface area contributed by atoms with Crippen LogP contribution >= 0.6 is 0 Å². The number of Topliss-reactive ketones (excluding diaryl/α,β-unsaturated/α-hetero) is 1. The summed E-state index contributed by atoms with van der Waals surface area (Å²) < 4.78 is 0. The summed E-state index contributed by atoms with van der Waals surface area (Å²) in [5.74, 6) is 2.65. The van der Waals surface area contributed by atoms with E-state index in [-0.39, 0.29) is 0 Å². The number of rotatable bonds is 0. The molecule has 1 heteroatoms. The molecular formula is C8H12O. The molecule has 0 radical (unpaired) electrons. The highest BCUT2D eigenvalue weighted by molar-refractivity contribution is 5.82. The van der Waals surface area contributed by atoms with Crippen LogP contribution < -0.4 is 0 Å². The zero-order valence-electron chi connectivity index (χ0n) is 5.76. The van der Waals surface area contributed by atoms with Gasteiger partial charge >= 0.3 is 0 Å². The van der Waals surface area contributed by atoms with Crippen LogP contribution in [0, 0.1) is 17.8 Å². The van der Waals surface area contributed by atoms with Crippen LogP contribution in [0.2, 0.25) is 0 Å². The first-order valence-corrected chi connectivity index (χ1v) is 3.80. The van der Waals surface area contributed by atoms with Crippen molar-refractivity contribution in [1.82, 2.24) is 0 Å². The third-order valence-electron chi connectivity index (χ3n) is 2.74. The number of ketones is 1. The molecule has 0 bridgehead atoms. The summed E-state index contributed by atoms with van der Waals surface area (Å²) >= 11 is 0. The largest absolute Gasteiger partial charge is 0.299 e. The Morgan fingerprint density at radius 2 is 2.11 bits per heavy atom. The first-order chi connectivity index (χ1) is 4.27. The van der Waals surface area contributed by atoms with Gasteiger partial charge in [-0.1, -0.05) is 6.92 Å². The molecule has 0 aromatic carbocycles. The third kappa shape index (κ3) is 0.790. The molecule has 50 valence electrons. The van der Waals surface area contributed by atoms with E-state index in [1.54, 1.807) is 0 Å². The van der Waals surface area contributed by atoms with E-state index in [1.807, 2.05) is 0 Å². The molecule has 0 aromatic rings. The van der Waals surface area contributed by atoms with Crippen molar-refractivity contribution in [3.63, 3.8) is 0 Å². The Hall–Kier alpha value is -0.330. The lowest BCUT2D eigenvalue weighted by molar-refractivity contribution is -0.124. The van der Waals surface area contributed by atoms with E-state index < -0.39 is 0 Å². The number of hydrogen-bond acceptors (Lipinski definition) is 1. The molecular weight excluding hydrogens is 112 g/mol. The molecule has 0 N–H and O–H groups in total. The van der Waals surface area contributed by atoms with Crippen LogP contribution in [0.15, 0.2) is 0 Å². The molecule has 0 saturated heterocycles. The minimum Gasteiger partial charge on any atom is -0.299 e. The fourth-order valence-corrected chi connectivity index (χ4v) is 1.89. The molecule has 2 aliphatic carbocycles. The lowest BCUT2D eigenvalue weighted by Crippen LogP contribution is -2.17. The van der Waals surface area contributed by atoms with E-state index in [0.29, 0.717) is 11.7 Å². The van der Waals surface area contributed by atoms with Gasteiger partial charge in [-0.25, -0.2) is 0 Å². The molecule has 2 saturated carbocycles. The minimum absolute atomic E-state index is 0.383. The number of carbonyl (C=O) groups is 1. The molecule has 0 spiro atoms. The van der Waals surface area contributed by atoms with Gasteiger partial charge in [0.1, 0.15) is 5.78 Å². The zero-order chi connectivity index (χ0) is 6.43. The average Bonchev–Trinajstić information content (AvgIpc) is 2.46. The molecule has 2 fully saturated rings. The molecule has 0 aliphatic heterocycles. The van der Waals surface area contributed by atoms with Crippen LogP contribution in [0.3, 0.4) is 0 Å². The van der Waals surface area contributed by atoms with Gasteiger partial charge in [-0.05, 0) is 24.7 Å². The fraction of sp³-hybridized carbons (Fsp3) is 0.875. The van der Waals surface area contributed by atoms with Gasteiger partial charge in [0.05, 0.1) is 0 Å². The Bertz CT molecular complexity index is 151. The van der Waals surface area contributed by atoms with Gasteiger partial charge < -0.3 is 0 Å². The number of fused-ring (bicyclic) bond motifs is 1. The quantitative estimate of drug-likeness (QED) is 0.479. The van der Waals surface area contributed by atoms with Crippen molar-refractivity contribution >= 4 is 5.78 Å². The Morgan fingerprint density at radius 3 is 2.78 bits per heavy atom. The number of carbonyl (C=O) groups excluding carboxylic acids is 1. The number of hydrogen-bond donors (Lipinski definition) is 0. The molecule has 3 atom stereocenters. The molecule has 9 heavy (non-hydrogen) atoms. The Labute approximate surface area is 55.4 Å². The van der Waals surface area contributed by atoms with E-state index in [0.717, 1.165) is 18.3 Å². The topological polar surface area (TPSA) is 17.1 Å². The SMILES string of the molecule is C[C@@H]1C[C@@H]2C[C@@H]2CC1=O. The molecule has 2 aliphatic rings. The third-order valence-corrected chi connectivity index (χ3v) is 2.74. The molecule has 2 rings (SSSR count). The van der Waals surface area contributed by atoms with Gasteiger partial charge in [0.25, 0.3) is 0 Å². The van der Waals surface area contributed by atoms with Crippen molar-refractivity contribution in [2.75, 3.05) is 0 Å². The maximum atomic E-state index is 11.0. The normalized spacial score (nSPS) is 48.6. The second-order valence-electron chi connectivity index (χ2n) is 3.56. The van der Waals surface area contributed by atoms with Gasteiger partial charge in [0.15, 0.2) is 0 Å². The summed E-state index contributed by atoms with van der Waals surface area (Å²) in [6, 6.07) is 0. The summed E-state index contributed by atoms with van der Waals surface area (Å²) in [6.45, 7) is 2.07. The van der Waals surface area contributed by atoms with E-state index in [9.17, 15) is 4.79 Å². The molecule has 0 unspecified atom stereocenters. The summed E-state index contributed by atoms with van der Waals surface area (Å²) in [4.78, 5) is 11.0. The summed E-state index contributed by atoms with van der Waals surface area (Å²) in [7, 11) is 0. The first kappa shape index (κ1) is 5.45. The highest BCUT2D eigenvalue weighted by Gasteiger charge is 2.44. The monoisotopic (exact) mass is 124 g/mol. The first-order valence-electron chi connectivity index (χ1n) is 3.80. The average molecular weight is 124 g/mol. The van der Waals surface area contributed by atoms with Crippen LogP contribution in [0.5, 0.6) is 0 Å². The maximum absolute atomic E-state index is 11.0. The summed E-state index contributed by atoms with van der Waals surface area (Å²) in [5, 5.41) is 0. The molecule has 0 aromatic heterocycles. The van der Waals surface area contributed by atoms with E-state index >= 15 is 0 Å². The summed E-state index contributed by atoms with van der Waals surface area (Å²) in [6.07, 6.45) is 3.42. The zero-order valence-corrected chi connectivity index (χ0v) is 5.76. The Morgan fingerprint density at radius 1 is 1.33 bits per heavy atom. The van der Waals surface area contributed by atoms with Gasteiger partial charge in [0.2, 0.25) is 0 Å². The van der Waals surface area contributed by atoms with E-state index in [2.05, 4.69) is 6.92 Å². The van der Waals surface area contributed by atoms with Crippen molar-refractivity contribution < 1.29 is 4.79 Å². The van der Waals surface area contributed by atoms with Crippen molar-refractivity contribution in [3.8, 4) is 0 Å². The van der Waals surface area contributed by atoms with Crippen LogP contribution in [-0.2, 0) is 4.79 Å². The van der Waals surface area contributed by atoms with Crippen LogP contribution in [0.4, 0.5) is 0 Å². The highest BCUT2D eigenvalue weighted by Crippen LogP contribution is 2.49. The van der Waals surface area contributed by atoms with Gasteiger partial charge in [0, 0.05) is 12.3 Å². The van der Waals surface area contributed by atoms with Crippen molar-refractivity contribution in [2.24, 2.45) is 17.8 Å². The van der Waals surface area contributed by atoms with Crippen molar-refractivity contribution in [1.29, 1.82) is 0 Å². The van der Waals surface area contributed by atoms with Crippen LogP contribution in [-0.4, -0.2) is 5.78 Å². The predicted octanol–water partition coefficient (Wildman–Crippen LogP) is 1.62. The van der Waals surface area contributed by atoms with E-state index in [1.165, 1.54) is 12.8 Å². The smallest absolute Gasteiger partial charge is 0.135 e. The predicted molar refractivity (Wildman–Crippen MR) is 35.0 cm³/mol. The Balaban J connectivity index is 2.06. The van der Waals surface area contributed by atoms with Crippen molar-refractivity contribution in [2.45, 2.75) is 26.2 Å². The fourth-order valence-electron chi connectivity index (χ4n) is 1.89.